The fraction of sp³-hybridized carbons (Fsp3) is 0.364. The minimum absolute atomic E-state index is 0.0337. The Balaban J connectivity index is 2.14. The van der Waals surface area contributed by atoms with E-state index >= 15 is 0 Å². The Bertz CT molecular complexity index is 919. The molecule has 2 aromatic rings. The molecule has 168 valence electrons. The van der Waals surface area contributed by atoms with Gasteiger partial charge in [0.05, 0.1) is 15.8 Å². The zero-order chi connectivity index (χ0) is 23.1. The molecule has 9 heteroatoms. The molecule has 0 fully saturated rings. The molecule has 0 aromatic heterocycles. The second-order valence-electron chi connectivity index (χ2n) is 7.30. The molecular formula is C22H24Cl4N2O2S. The molecular weight excluding hydrogens is 498 g/mol. The maximum Gasteiger partial charge on any atom is 0.242 e. The van der Waals surface area contributed by atoms with Crippen LogP contribution in [0.25, 0.3) is 0 Å². The quantitative estimate of drug-likeness (QED) is 0.411. The van der Waals surface area contributed by atoms with Gasteiger partial charge < -0.3 is 10.2 Å². The molecule has 0 saturated heterocycles. The van der Waals surface area contributed by atoms with Gasteiger partial charge in [-0.25, -0.2) is 0 Å². The van der Waals surface area contributed by atoms with Crippen LogP contribution in [0.2, 0.25) is 20.1 Å². The number of thioether (sulfide) groups is 1. The molecule has 0 aliphatic carbocycles. The van der Waals surface area contributed by atoms with E-state index in [2.05, 4.69) is 5.32 Å². The topological polar surface area (TPSA) is 49.4 Å². The summed E-state index contributed by atoms with van der Waals surface area (Å²) < 4.78 is 0. The molecule has 0 heterocycles. The first-order valence-electron chi connectivity index (χ1n) is 9.64. The summed E-state index contributed by atoms with van der Waals surface area (Å²) in [6.45, 7) is 5.69. The maximum absolute atomic E-state index is 13.1. The van der Waals surface area contributed by atoms with Crippen molar-refractivity contribution in [2.24, 2.45) is 0 Å². The number of benzene rings is 2. The third kappa shape index (κ3) is 7.76. The van der Waals surface area contributed by atoms with Crippen LogP contribution in [-0.4, -0.2) is 34.6 Å². The standard InChI is InChI=1S/C22H24Cl4N2O2S/c1-13(2)27-22(30)14(3)28(10-15-7-8-19(25)20(26)9-15)21(29)12-31-11-16-17(23)5-4-6-18(16)24/h4-9,13-14H,10-12H2,1-3H3,(H,27,30)/t14-/m1/s1. The van der Waals surface area contributed by atoms with E-state index in [9.17, 15) is 9.59 Å². The lowest BCUT2D eigenvalue weighted by Gasteiger charge is -2.29. The first-order valence-corrected chi connectivity index (χ1v) is 12.3. The lowest BCUT2D eigenvalue weighted by molar-refractivity contribution is -0.138. The monoisotopic (exact) mass is 520 g/mol. The van der Waals surface area contributed by atoms with E-state index in [1.54, 1.807) is 48.2 Å². The van der Waals surface area contributed by atoms with Crippen LogP contribution in [0.3, 0.4) is 0 Å². The number of nitrogens with zero attached hydrogens (tertiary/aromatic N) is 1. The van der Waals surface area contributed by atoms with Gasteiger partial charge >= 0.3 is 0 Å². The van der Waals surface area contributed by atoms with Crippen molar-refractivity contribution in [3.05, 3.63) is 67.6 Å². The predicted molar refractivity (Wildman–Crippen MR) is 132 cm³/mol. The Labute approximate surface area is 207 Å². The fourth-order valence-electron chi connectivity index (χ4n) is 2.82. The second kappa shape index (κ2) is 12.2. The van der Waals surface area contributed by atoms with Gasteiger partial charge in [-0.15, -0.1) is 11.8 Å². The van der Waals surface area contributed by atoms with Gasteiger partial charge in [-0.05, 0) is 56.2 Å². The van der Waals surface area contributed by atoms with Gasteiger partial charge in [-0.3, -0.25) is 9.59 Å². The average molecular weight is 522 g/mol. The molecule has 4 nitrogen and oxygen atoms in total. The molecule has 0 saturated carbocycles. The summed E-state index contributed by atoms with van der Waals surface area (Å²) in [5.41, 5.74) is 1.57. The van der Waals surface area contributed by atoms with Crippen LogP contribution >= 0.6 is 58.2 Å². The van der Waals surface area contributed by atoms with Crippen LogP contribution in [0, 0.1) is 0 Å². The maximum atomic E-state index is 13.1. The van der Waals surface area contributed by atoms with E-state index in [-0.39, 0.29) is 30.2 Å². The molecule has 0 unspecified atom stereocenters. The SMILES string of the molecule is CC(C)NC(=O)[C@@H](C)N(Cc1ccc(Cl)c(Cl)c1)C(=O)CSCc1c(Cl)cccc1Cl. The van der Waals surface area contributed by atoms with Crippen LogP contribution in [0.15, 0.2) is 36.4 Å². The van der Waals surface area contributed by atoms with Crippen LogP contribution in [0.5, 0.6) is 0 Å². The Morgan fingerprint density at radius 3 is 2.19 bits per heavy atom. The third-order valence-corrected chi connectivity index (χ3v) is 6.86. The number of hydrogen-bond acceptors (Lipinski definition) is 3. The van der Waals surface area contributed by atoms with Crippen LogP contribution in [0.1, 0.15) is 31.9 Å². The molecule has 1 atom stereocenters. The van der Waals surface area contributed by atoms with Crippen molar-refractivity contribution in [3.8, 4) is 0 Å². The van der Waals surface area contributed by atoms with E-state index in [0.717, 1.165) is 11.1 Å². The fourth-order valence-corrected chi connectivity index (χ4v) is 4.78. The second-order valence-corrected chi connectivity index (χ2v) is 9.92. The zero-order valence-corrected chi connectivity index (χ0v) is 21.3. The third-order valence-electron chi connectivity index (χ3n) is 4.47. The number of rotatable bonds is 9. The van der Waals surface area contributed by atoms with E-state index in [1.165, 1.54) is 11.8 Å². The first kappa shape index (κ1) is 26.1. The molecule has 2 amide bonds. The van der Waals surface area contributed by atoms with Gasteiger partial charge in [0, 0.05) is 28.4 Å². The van der Waals surface area contributed by atoms with Crippen LogP contribution in [0.4, 0.5) is 0 Å². The number of amides is 2. The summed E-state index contributed by atoms with van der Waals surface area (Å²) in [6, 6.07) is 9.78. The van der Waals surface area contributed by atoms with Gasteiger partial charge in [0.2, 0.25) is 11.8 Å². The molecule has 1 N–H and O–H groups in total. The van der Waals surface area contributed by atoms with E-state index < -0.39 is 6.04 Å². The van der Waals surface area contributed by atoms with E-state index in [0.29, 0.717) is 25.8 Å². The summed E-state index contributed by atoms with van der Waals surface area (Å²) in [5.74, 6) is 0.257. The van der Waals surface area contributed by atoms with Crippen molar-refractivity contribution >= 4 is 70.0 Å². The molecule has 2 rings (SSSR count). The highest BCUT2D eigenvalue weighted by molar-refractivity contribution is 7.99. The highest BCUT2D eigenvalue weighted by Gasteiger charge is 2.26. The number of carbonyl (C=O) groups is 2. The molecule has 0 radical (unpaired) electrons. The normalized spacial score (nSPS) is 12.0. The minimum atomic E-state index is -0.658. The van der Waals surface area contributed by atoms with Crippen molar-refractivity contribution in [2.75, 3.05) is 5.75 Å². The summed E-state index contributed by atoms with van der Waals surface area (Å²) in [4.78, 5) is 27.2. The largest absolute Gasteiger partial charge is 0.352 e. The predicted octanol–water partition coefficient (Wildman–Crippen LogP) is 6.48. The Hall–Kier alpha value is -1.11. The molecule has 0 aliphatic rings. The van der Waals surface area contributed by atoms with Crippen molar-refractivity contribution in [1.82, 2.24) is 10.2 Å². The van der Waals surface area contributed by atoms with Crippen LogP contribution < -0.4 is 5.32 Å². The lowest BCUT2D eigenvalue weighted by Crippen LogP contribution is -2.49. The van der Waals surface area contributed by atoms with Gasteiger partial charge in [0.15, 0.2) is 0 Å². The van der Waals surface area contributed by atoms with Crippen molar-refractivity contribution < 1.29 is 9.59 Å². The molecule has 31 heavy (non-hydrogen) atoms. The Morgan fingerprint density at radius 2 is 1.61 bits per heavy atom. The number of carbonyl (C=O) groups excluding carboxylic acids is 2. The van der Waals surface area contributed by atoms with Crippen molar-refractivity contribution in [3.63, 3.8) is 0 Å². The molecule has 0 bridgehead atoms. The molecule has 0 spiro atoms. The summed E-state index contributed by atoms with van der Waals surface area (Å²) in [7, 11) is 0. The van der Waals surface area contributed by atoms with Crippen LogP contribution in [-0.2, 0) is 21.9 Å². The zero-order valence-electron chi connectivity index (χ0n) is 17.4. The molecule has 0 aliphatic heterocycles. The van der Waals surface area contributed by atoms with Gasteiger partial charge in [-0.1, -0.05) is 58.5 Å². The Kier molecular flexibility index (Phi) is 10.3. The van der Waals surface area contributed by atoms with Gasteiger partial charge in [0.25, 0.3) is 0 Å². The lowest BCUT2D eigenvalue weighted by atomic mass is 10.1. The van der Waals surface area contributed by atoms with Gasteiger partial charge in [-0.2, -0.15) is 0 Å². The summed E-state index contributed by atoms with van der Waals surface area (Å²) in [5, 5.41) is 4.81. The highest BCUT2D eigenvalue weighted by Crippen LogP contribution is 2.29. The smallest absolute Gasteiger partial charge is 0.242 e. The Morgan fingerprint density at radius 1 is 0.968 bits per heavy atom. The van der Waals surface area contributed by atoms with Crippen molar-refractivity contribution in [1.29, 1.82) is 0 Å². The average Bonchev–Trinajstić information content (AvgIpc) is 2.69. The summed E-state index contributed by atoms with van der Waals surface area (Å²) in [6.07, 6.45) is 0. The number of nitrogens with one attached hydrogen (secondary N) is 1. The van der Waals surface area contributed by atoms with E-state index in [4.69, 9.17) is 46.4 Å². The highest BCUT2D eigenvalue weighted by atomic mass is 35.5. The van der Waals surface area contributed by atoms with Gasteiger partial charge in [0.1, 0.15) is 6.04 Å². The number of hydrogen-bond donors (Lipinski definition) is 1. The first-order chi connectivity index (χ1) is 14.6. The minimum Gasteiger partial charge on any atom is -0.352 e. The van der Waals surface area contributed by atoms with Crippen molar-refractivity contribution in [2.45, 2.75) is 45.2 Å². The number of halogens is 4. The van der Waals surface area contributed by atoms with E-state index in [1.807, 2.05) is 13.8 Å². The summed E-state index contributed by atoms with van der Waals surface area (Å²) >= 11 is 25.9. The molecule has 2 aromatic carbocycles.